The molecule has 0 bridgehead atoms. The average Bonchev–Trinajstić information content (AvgIpc) is 2.62. The maximum Gasteiger partial charge on any atom is 0.144 e. The maximum absolute atomic E-state index is 10.9. The summed E-state index contributed by atoms with van der Waals surface area (Å²) in [4.78, 5) is 0. The first kappa shape index (κ1) is 16.4. The lowest BCUT2D eigenvalue weighted by atomic mass is 9.83. The van der Waals surface area contributed by atoms with Gasteiger partial charge in [-0.05, 0) is 41.9 Å². The summed E-state index contributed by atoms with van der Waals surface area (Å²) in [5.74, 6) is 1.01. The minimum atomic E-state index is -2.40. The van der Waals surface area contributed by atoms with E-state index in [2.05, 4.69) is 17.5 Å². The van der Waals surface area contributed by atoms with Crippen molar-refractivity contribution in [1.29, 1.82) is 0 Å². The van der Waals surface area contributed by atoms with Crippen molar-refractivity contribution in [2.75, 3.05) is 13.1 Å². The van der Waals surface area contributed by atoms with Crippen LogP contribution in [0.5, 0.6) is 5.75 Å². The summed E-state index contributed by atoms with van der Waals surface area (Å²) in [7, 11) is -2.40. The van der Waals surface area contributed by atoms with Gasteiger partial charge in [0.2, 0.25) is 0 Å². The Hall–Kier alpha value is -2.11. The number of fused-ring (bicyclic) bond motifs is 1. The summed E-state index contributed by atoms with van der Waals surface area (Å²) in [5, 5.41) is 3.39. The van der Waals surface area contributed by atoms with Crippen molar-refractivity contribution < 1.29 is 13.2 Å². The van der Waals surface area contributed by atoms with E-state index < -0.39 is 10.7 Å². The monoisotopic (exact) mass is 355 g/mol. The van der Waals surface area contributed by atoms with Crippen molar-refractivity contribution in [1.82, 2.24) is 5.32 Å². The van der Waals surface area contributed by atoms with Gasteiger partial charge < -0.3 is 10.1 Å². The SMILES string of the molecule is O=[SH](=O)Cc1ccc(C2=CC3(CCNCC3)Oc3ccccc32)cc1. The van der Waals surface area contributed by atoms with Crippen molar-refractivity contribution in [2.45, 2.75) is 24.2 Å². The lowest BCUT2D eigenvalue weighted by Gasteiger charge is -2.40. The normalized spacial score (nSPS) is 18.5. The highest BCUT2D eigenvalue weighted by Gasteiger charge is 2.36. The second kappa shape index (κ2) is 6.65. The fourth-order valence-electron chi connectivity index (χ4n) is 3.64. The first-order chi connectivity index (χ1) is 12.2. The van der Waals surface area contributed by atoms with E-state index in [9.17, 15) is 8.42 Å². The van der Waals surface area contributed by atoms with Crippen molar-refractivity contribution in [3.63, 3.8) is 0 Å². The molecule has 0 radical (unpaired) electrons. The van der Waals surface area contributed by atoms with Crippen molar-refractivity contribution >= 4 is 16.3 Å². The van der Waals surface area contributed by atoms with Gasteiger partial charge in [0.1, 0.15) is 22.1 Å². The number of hydrogen-bond acceptors (Lipinski definition) is 4. The molecule has 0 atom stereocenters. The second-order valence-electron chi connectivity index (χ2n) is 6.66. The smallest absolute Gasteiger partial charge is 0.144 e. The molecule has 4 nitrogen and oxygen atoms in total. The fraction of sp³-hybridized carbons (Fsp3) is 0.300. The molecule has 2 aromatic rings. The fourth-order valence-corrected chi connectivity index (χ4v) is 4.15. The molecule has 25 heavy (non-hydrogen) atoms. The molecular formula is C20H21NO3S. The van der Waals surface area contributed by atoms with Crippen LogP contribution in [-0.4, -0.2) is 27.1 Å². The van der Waals surface area contributed by atoms with E-state index >= 15 is 0 Å². The Bertz CT molecular complexity index is 870. The van der Waals surface area contributed by atoms with E-state index in [4.69, 9.17) is 4.74 Å². The van der Waals surface area contributed by atoms with Crippen LogP contribution in [0.15, 0.2) is 54.6 Å². The quantitative estimate of drug-likeness (QED) is 0.832. The Morgan fingerprint density at radius 2 is 1.72 bits per heavy atom. The number of nitrogens with one attached hydrogen (secondary N) is 1. The Kier molecular flexibility index (Phi) is 4.36. The molecule has 0 amide bonds. The minimum absolute atomic E-state index is 0.0873. The van der Waals surface area contributed by atoms with E-state index in [1.807, 2.05) is 42.5 Å². The van der Waals surface area contributed by atoms with Crippen LogP contribution >= 0.6 is 0 Å². The van der Waals surface area contributed by atoms with Gasteiger partial charge in [-0.3, -0.25) is 0 Å². The Morgan fingerprint density at radius 1 is 1.00 bits per heavy atom. The zero-order valence-corrected chi connectivity index (χ0v) is 14.8. The van der Waals surface area contributed by atoms with Crippen LogP contribution in [0.25, 0.3) is 5.57 Å². The first-order valence-electron chi connectivity index (χ1n) is 8.58. The molecule has 1 fully saturated rings. The van der Waals surface area contributed by atoms with Gasteiger partial charge in [0.05, 0.1) is 5.75 Å². The highest BCUT2D eigenvalue weighted by Crippen LogP contribution is 2.42. The average molecular weight is 355 g/mol. The molecule has 0 saturated carbocycles. The molecule has 0 aromatic heterocycles. The van der Waals surface area contributed by atoms with Crippen molar-refractivity contribution in [3.8, 4) is 5.75 Å². The predicted molar refractivity (Wildman–Crippen MR) is 99.4 cm³/mol. The summed E-state index contributed by atoms with van der Waals surface area (Å²) in [6.07, 6.45) is 4.15. The van der Waals surface area contributed by atoms with Crippen LogP contribution in [0.4, 0.5) is 0 Å². The molecule has 2 heterocycles. The van der Waals surface area contributed by atoms with Crippen LogP contribution in [0.3, 0.4) is 0 Å². The van der Waals surface area contributed by atoms with Gasteiger partial charge >= 0.3 is 0 Å². The minimum Gasteiger partial charge on any atom is -0.482 e. The van der Waals surface area contributed by atoms with Gasteiger partial charge in [0.25, 0.3) is 0 Å². The third kappa shape index (κ3) is 3.34. The second-order valence-corrected chi connectivity index (χ2v) is 7.64. The molecule has 0 aliphatic carbocycles. The zero-order valence-electron chi connectivity index (χ0n) is 13.9. The Morgan fingerprint density at radius 3 is 2.44 bits per heavy atom. The van der Waals surface area contributed by atoms with Gasteiger partial charge in [-0.25, -0.2) is 8.42 Å². The summed E-state index contributed by atoms with van der Waals surface area (Å²) in [5.41, 5.74) is 3.92. The Balaban J connectivity index is 1.76. The molecule has 2 aliphatic rings. The van der Waals surface area contributed by atoms with E-state index in [1.165, 1.54) is 5.57 Å². The third-order valence-electron chi connectivity index (χ3n) is 4.92. The van der Waals surface area contributed by atoms with Crippen molar-refractivity contribution in [2.24, 2.45) is 0 Å². The third-order valence-corrected chi connectivity index (χ3v) is 5.55. The van der Waals surface area contributed by atoms with Crippen LogP contribution in [0, 0.1) is 0 Å². The molecule has 5 heteroatoms. The van der Waals surface area contributed by atoms with Crippen molar-refractivity contribution in [3.05, 3.63) is 71.3 Å². The van der Waals surface area contributed by atoms with E-state index in [-0.39, 0.29) is 11.4 Å². The van der Waals surface area contributed by atoms with Crippen LogP contribution in [0.2, 0.25) is 0 Å². The number of hydrogen-bond donors (Lipinski definition) is 2. The van der Waals surface area contributed by atoms with Gasteiger partial charge in [-0.1, -0.05) is 42.5 Å². The molecule has 1 spiro atoms. The van der Waals surface area contributed by atoms with E-state index in [0.717, 1.165) is 48.4 Å². The highest BCUT2D eigenvalue weighted by molar-refractivity contribution is 7.71. The van der Waals surface area contributed by atoms with E-state index in [1.54, 1.807) is 0 Å². The van der Waals surface area contributed by atoms with Gasteiger partial charge in [0, 0.05) is 18.4 Å². The summed E-state index contributed by atoms with van der Waals surface area (Å²) in [6, 6.07) is 16.0. The number of benzene rings is 2. The zero-order chi connectivity index (χ0) is 17.3. The highest BCUT2D eigenvalue weighted by atomic mass is 32.2. The number of para-hydroxylation sites is 1. The molecule has 4 rings (SSSR count). The van der Waals surface area contributed by atoms with Crippen LogP contribution in [-0.2, 0) is 16.5 Å². The number of piperidine rings is 1. The van der Waals surface area contributed by atoms with Crippen LogP contribution in [0.1, 0.15) is 29.5 Å². The number of ether oxygens (including phenoxy) is 1. The lowest BCUT2D eigenvalue weighted by molar-refractivity contribution is 0.0817. The summed E-state index contributed by atoms with van der Waals surface area (Å²) in [6.45, 7) is 1.89. The summed E-state index contributed by atoms with van der Waals surface area (Å²) >= 11 is 0. The molecule has 130 valence electrons. The Labute approximate surface area is 149 Å². The predicted octanol–water partition coefficient (Wildman–Crippen LogP) is 2.74. The standard InChI is InChI=1S/C20H21NO3S/c22-25(23)14-15-5-7-16(8-6-15)18-13-20(9-11-21-12-10-20)24-19-4-2-1-3-17(18)19/h1-8,13,21,25H,9-12,14H2. The van der Waals surface area contributed by atoms with Gasteiger partial charge in [0.15, 0.2) is 0 Å². The van der Waals surface area contributed by atoms with Gasteiger partial charge in [-0.15, -0.1) is 0 Å². The molecule has 2 aliphatic heterocycles. The largest absolute Gasteiger partial charge is 0.482 e. The maximum atomic E-state index is 10.9. The van der Waals surface area contributed by atoms with Gasteiger partial charge in [-0.2, -0.15) is 0 Å². The molecule has 2 aromatic carbocycles. The topological polar surface area (TPSA) is 55.4 Å². The lowest BCUT2D eigenvalue weighted by Crippen LogP contribution is -2.46. The molecular weight excluding hydrogens is 334 g/mol. The molecule has 0 unspecified atom stereocenters. The first-order valence-corrected chi connectivity index (χ1v) is 9.95. The van der Waals surface area contributed by atoms with Crippen LogP contribution < -0.4 is 10.1 Å². The number of thiol groups is 1. The molecule has 1 saturated heterocycles. The number of rotatable bonds is 3. The summed E-state index contributed by atoms with van der Waals surface area (Å²) < 4.78 is 28.2. The van der Waals surface area contributed by atoms with E-state index in [0.29, 0.717) is 0 Å². The molecule has 1 N–H and O–H groups in total.